The standard InChI is InChI=1S/C6H13O4P/c1-6(2,3)10-11(7)8-4-5-9-11/h4-5H2,1-3H3. The Balaban J connectivity index is 2.54. The van der Waals surface area contributed by atoms with Crippen molar-refractivity contribution in [3.05, 3.63) is 0 Å². The average molecular weight is 180 g/mol. The van der Waals surface area contributed by atoms with Crippen LogP contribution in [0.1, 0.15) is 20.8 Å². The summed E-state index contributed by atoms with van der Waals surface area (Å²) in [5.41, 5.74) is -0.486. The van der Waals surface area contributed by atoms with Gasteiger partial charge in [-0.3, -0.25) is 13.6 Å². The maximum atomic E-state index is 11.4. The molecule has 66 valence electrons. The molecule has 0 radical (unpaired) electrons. The summed E-state index contributed by atoms with van der Waals surface area (Å²) < 4.78 is 26.1. The summed E-state index contributed by atoms with van der Waals surface area (Å²) in [6.45, 7) is 6.12. The Labute approximate surface area is 66.4 Å². The zero-order valence-corrected chi connectivity index (χ0v) is 7.89. The fourth-order valence-corrected chi connectivity index (χ4v) is 2.17. The molecule has 0 saturated carbocycles. The molecular formula is C6H13O4P. The molecule has 1 aliphatic rings. The molecular weight excluding hydrogens is 167 g/mol. The topological polar surface area (TPSA) is 44.8 Å². The Morgan fingerprint density at radius 2 is 1.73 bits per heavy atom. The van der Waals surface area contributed by atoms with E-state index >= 15 is 0 Å². The van der Waals surface area contributed by atoms with Gasteiger partial charge in [-0.1, -0.05) is 0 Å². The Morgan fingerprint density at radius 3 is 2.09 bits per heavy atom. The van der Waals surface area contributed by atoms with Crippen LogP contribution in [0.15, 0.2) is 0 Å². The molecule has 0 aromatic rings. The minimum Gasteiger partial charge on any atom is -0.284 e. The van der Waals surface area contributed by atoms with Crippen molar-refractivity contribution in [2.24, 2.45) is 0 Å². The molecule has 0 spiro atoms. The smallest absolute Gasteiger partial charge is 0.284 e. The first-order chi connectivity index (χ1) is 4.91. The number of phosphoric ester groups is 1. The van der Waals surface area contributed by atoms with Crippen molar-refractivity contribution in [3.8, 4) is 0 Å². The van der Waals surface area contributed by atoms with Crippen molar-refractivity contribution in [3.63, 3.8) is 0 Å². The van der Waals surface area contributed by atoms with E-state index in [1.54, 1.807) is 20.8 Å². The Bertz CT molecular complexity index is 174. The third-order valence-electron chi connectivity index (χ3n) is 0.968. The van der Waals surface area contributed by atoms with Crippen LogP contribution in [-0.2, 0) is 18.1 Å². The quantitative estimate of drug-likeness (QED) is 0.578. The van der Waals surface area contributed by atoms with Crippen molar-refractivity contribution < 1.29 is 18.1 Å². The second-order valence-corrected chi connectivity index (χ2v) is 4.91. The number of hydrogen-bond acceptors (Lipinski definition) is 4. The lowest BCUT2D eigenvalue weighted by molar-refractivity contribution is 0.0791. The van der Waals surface area contributed by atoms with Crippen molar-refractivity contribution >= 4 is 7.82 Å². The van der Waals surface area contributed by atoms with Gasteiger partial charge in [0.05, 0.1) is 18.8 Å². The van der Waals surface area contributed by atoms with E-state index in [0.29, 0.717) is 13.2 Å². The summed E-state index contributed by atoms with van der Waals surface area (Å²) in [7, 11) is -3.19. The summed E-state index contributed by atoms with van der Waals surface area (Å²) in [6, 6.07) is 0. The van der Waals surface area contributed by atoms with E-state index in [-0.39, 0.29) is 0 Å². The molecule has 0 aromatic carbocycles. The molecule has 0 atom stereocenters. The second-order valence-electron chi connectivity index (χ2n) is 3.32. The van der Waals surface area contributed by atoms with Gasteiger partial charge in [-0.15, -0.1) is 0 Å². The molecule has 0 unspecified atom stereocenters. The van der Waals surface area contributed by atoms with Gasteiger partial charge in [0.15, 0.2) is 0 Å². The Kier molecular flexibility index (Phi) is 2.40. The zero-order chi connectivity index (χ0) is 8.54. The van der Waals surface area contributed by atoms with Crippen LogP contribution in [0.3, 0.4) is 0 Å². The van der Waals surface area contributed by atoms with Crippen LogP contribution in [0.4, 0.5) is 0 Å². The van der Waals surface area contributed by atoms with Gasteiger partial charge in [0.1, 0.15) is 0 Å². The van der Waals surface area contributed by atoms with Crippen LogP contribution >= 0.6 is 7.82 Å². The molecule has 11 heavy (non-hydrogen) atoms. The van der Waals surface area contributed by atoms with Gasteiger partial charge in [-0.05, 0) is 20.8 Å². The van der Waals surface area contributed by atoms with Crippen LogP contribution in [0.2, 0.25) is 0 Å². The minimum atomic E-state index is -3.19. The first-order valence-electron chi connectivity index (χ1n) is 3.51. The lowest BCUT2D eigenvalue weighted by Gasteiger charge is -2.21. The maximum absolute atomic E-state index is 11.4. The minimum absolute atomic E-state index is 0.355. The number of hydrogen-bond donors (Lipinski definition) is 0. The highest BCUT2D eigenvalue weighted by atomic mass is 31.2. The second kappa shape index (κ2) is 2.87. The Hall–Kier alpha value is 0.110. The summed E-state index contributed by atoms with van der Waals surface area (Å²) in [6.07, 6.45) is 0. The highest BCUT2D eigenvalue weighted by Gasteiger charge is 2.36. The number of phosphoric acid groups is 1. The van der Waals surface area contributed by atoms with Gasteiger partial charge >= 0.3 is 7.82 Å². The van der Waals surface area contributed by atoms with E-state index in [2.05, 4.69) is 0 Å². The zero-order valence-electron chi connectivity index (χ0n) is 6.99. The van der Waals surface area contributed by atoms with Crippen molar-refractivity contribution in [2.45, 2.75) is 26.4 Å². The average Bonchev–Trinajstić information content (AvgIpc) is 2.09. The van der Waals surface area contributed by atoms with E-state index in [9.17, 15) is 4.57 Å². The molecule has 1 aliphatic heterocycles. The third kappa shape index (κ3) is 2.91. The van der Waals surface area contributed by atoms with Gasteiger partial charge in [0.25, 0.3) is 0 Å². The van der Waals surface area contributed by atoms with E-state index < -0.39 is 13.4 Å². The summed E-state index contributed by atoms with van der Waals surface area (Å²) in [4.78, 5) is 0. The van der Waals surface area contributed by atoms with Crippen LogP contribution in [0.5, 0.6) is 0 Å². The lowest BCUT2D eigenvalue weighted by atomic mass is 10.2. The van der Waals surface area contributed by atoms with Crippen molar-refractivity contribution in [1.82, 2.24) is 0 Å². The summed E-state index contributed by atoms with van der Waals surface area (Å²) in [5.74, 6) is 0. The molecule has 1 fully saturated rings. The maximum Gasteiger partial charge on any atom is 0.475 e. The first kappa shape index (κ1) is 9.20. The third-order valence-corrected chi connectivity index (χ3v) is 2.74. The highest BCUT2D eigenvalue weighted by molar-refractivity contribution is 7.48. The predicted octanol–water partition coefficient (Wildman–Crippen LogP) is 1.96. The fourth-order valence-electron chi connectivity index (χ4n) is 0.724. The lowest BCUT2D eigenvalue weighted by Crippen LogP contribution is -2.17. The molecule has 0 N–H and O–H groups in total. The molecule has 0 aliphatic carbocycles. The molecule has 0 aromatic heterocycles. The van der Waals surface area contributed by atoms with Gasteiger partial charge < -0.3 is 0 Å². The fraction of sp³-hybridized carbons (Fsp3) is 1.00. The normalized spacial score (nSPS) is 23.9. The first-order valence-corrected chi connectivity index (χ1v) is 4.97. The summed E-state index contributed by atoms with van der Waals surface area (Å²) in [5, 5.41) is 0. The Morgan fingerprint density at radius 1 is 1.27 bits per heavy atom. The molecule has 5 heteroatoms. The van der Waals surface area contributed by atoms with Crippen molar-refractivity contribution in [1.29, 1.82) is 0 Å². The van der Waals surface area contributed by atoms with Crippen LogP contribution in [-0.4, -0.2) is 18.8 Å². The van der Waals surface area contributed by atoms with E-state index in [1.807, 2.05) is 0 Å². The number of rotatable bonds is 1. The van der Waals surface area contributed by atoms with Crippen LogP contribution < -0.4 is 0 Å². The van der Waals surface area contributed by atoms with E-state index in [0.717, 1.165) is 0 Å². The monoisotopic (exact) mass is 180 g/mol. The SMILES string of the molecule is CC(C)(C)OP1(=O)OCCO1. The van der Waals surface area contributed by atoms with Gasteiger partial charge in [0.2, 0.25) is 0 Å². The van der Waals surface area contributed by atoms with Crippen LogP contribution in [0, 0.1) is 0 Å². The van der Waals surface area contributed by atoms with Gasteiger partial charge in [0, 0.05) is 0 Å². The van der Waals surface area contributed by atoms with Crippen LogP contribution in [0.25, 0.3) is 0 Å². The largest absolute Gasteiger partial charge is 0.475 e. The van der Waals surface area contributed by atoms with Crippen molar-refractivity contribution in [2.75, 3.05) is 13.2 Å². The molecule has 1 heterocycles. The van der Waals surface area contributed by atoms with Gasteiger partial charge in [-0.25, -0.2) is 4.57 Å². The molecule has 0 bridgehead atoms. The molecule has 0 amide bonds. The predicted molar refractivity (Wildman–Crippen MR) is 40.3 cm³/mol. The highest BCUT2D eigenvalue weighted by Crippen LogP contribution is 2.55. The van der Waals surface area contributed by atoms with Gasteiger partial charge in [-0.2, -0.15) is 0 Å². The van der Waals surface area contributed by atoms with E-state index in [4.69, 9.17) is 13.6 Å². The summed E-state index contributed by atoms with van der Waals surface area (Å²) >= 11 is 0. The molecule has 1 rings (SSSR count). The van der Waals surface area contributed by atoms with E-state index in [1.165, 1.54) is 0 Å². The molecule has 4 nitrogen and oxygen atoms in total. The molecule has 1 saturated heterocycles.